The van der Waals surface area contributed by atoms with Crippen LogP contribution in [-0.2, 0) is 17.6 Å². The highest BCUT2D eigenvalue weighted by atomic mass is 16.5. The summed E-state index contributed by atoms with van der Waals surface area (Å²) >= 11 is 0. The van der Waals surface area contributed by atoms with E-state index in [-0.39, 0.29) is 11.4 Å². The predicted molar refractivity (Wildman–Crippen MR) is 59.2 cm³/mol. The number of Topliss-reactive ketones (excluding diaryl/α,β-unsaturated/α-hetero) is 1. The number of rotatable bonds is 2. The summed E-state index contributed by atoms with van der Waals surface area (Å²) in [5.41, 5.74) is 2.11. The van der Waals surface area contributed by atoms with Gasteiger partial charge in [0.25, 0.3) is 0 Å². The summed E-state index contributed by atoms with van der Waals surface area (Å²) < 4.78 is 5.87. The van der Waals surface area contributed by atoms with Crippen LogP contribution in [0.3, 0.4) is 0 Å². The molecule has 0 unspecified atom stereocenters. The van der Waals surface area contributed by atoms with Gasteiger partial charge in [0.2, 0.25) is 0 Å². The highest BCUT2D eigenvalue weighted by Gasteiger charge is 2.31. The molecule has 1 aliphatic rings. The predicted octanol–water partition coefficient (Wildman–Crippen LogP) is 2.53. The molecule has 0 N–H and O–H groups in total. The third-order valence-corrected chi connectivity index (χ3v) is 2.61. The van der Waals surface area contributed by atoms with E-state index >= 15 is 0 Å². The van der Waals surface area contributed by atoms with Crippen molar-refractivity contribution in [3.63, 3.8) is 0 Å². The second-order valence-corrected chi connectivity index (χ2v) is 4.82. The van der Waals surface area contributed by atoms with Gasteiger partial charge in [-0.15, -0.1) is 0 Å². The number of carbonyl (C=O) groups excluding carboxylic acids is 1. The van der Waals surface area contributed by atoms with Crippen molar-refractivity contribution >= 4 is 5.78 Å². The van der Waals surface area contributed by atoms with Crippen LogP contribution < -0.4 is 4.74 Å². The highest BCUT2D eigenvalue weighted by molar-refractivity contribution is 5.79. The standard InChI is InChI=1S/C13H16O2/c1-9(14)7-10-5-4-6-11-8-13(2,3)15-12(10)11/h4-6H,7-8H2,1-3H3. The number of carbonyl (C=O) groups is 1. The SMILES string of the molecule is CC(=O)Cc1cccc2c1OC(C)(C)C2. The van der Waals surface area contributed by atoms with E-state index in [1.165, 1.54) is 5.56 Å². The zero-order valence-electron chi connectivity index (χ0n) is 9.46. The molecule has 0 aromatic heterocycles. The van der Waals surface area contributed by atoms with Crippen LogP contribution in [-0.4, -0.2) is 11.4 Å². The van der Waals surface area contributed by atoms with Gasteiger partial charge >= 0.3 is 0 Å². The van der Waals surface area contributed by atoms with Gasteiger partial charge in [-0.1, -0.05) is 18.2 Å². The van der Waals surface area contributed by atoms with Gasteiger partial charge in [-0.2, -0.15) is 0 Å². The largest absolute Gasteiger partial charge is 0.487 e. The summed E-state index contributed by atoms with van der Waals surface area (Å²) in [6.45, 7) is 5.76. The highest BCUT2D eigenvalue weighted by Crippen LogP contribution is 2.37. The molecule has 0 atom stereocenters. The Labute approximate surface area is 90.3 Å². The van der Waals surface area contributed by atoms with Gasteiger partial charge in [-0.25, -0.2) is 0 Å². The van der Waals surface area contributed by atoms with E-state index in [9.17, 15) is 4.79 Å². The van der Waals surface area contributed by atoms with Crippen molar-refractivity contribution in [3.8, 4) is 5.75 Å². The number of hydrogen-bond acceptors (Lipinski definition) is 2. The lowest BCUT2D eigenvalue weighted by atomic mass is 9.99. The van der Waals surface area contributed by atoms with Crippen molar-refractivity contribution in [2.24, 2.45) is 0 Å². The fraction of sp³-hybridized carbons (Fsp3) is 0.462. The zero-order chi connectivity index (χ0) is 11.1. The summed E-state index contributed by atoms with van der Waals surface area (Å²) in [4.78, 5) is 11.1. The van der Waals surface area contributed by atoms with Crippen LogP contribution in [0.15, 0.2) is 18.2 Å². The number of ketones is 1. The van der Waals surface area contributed by atoms with E-state index in [0.717, 1.165) is 17.7 Å². The number of fused-ring (bicyclic) bond motifs is 1. The van der Waals surface area contributed by atoms with Crippen LogP contribution in [0, 0.1) is 0 Å². The molecule has 0 spiro atoms. The lowest BCUT2D eigenvalue weighted by Crippen LogP contribution is -2.25. The third-order valence-electron chi connectivity index (χ3n) is 2.61. The first-order valence-corrected chi connectivity index (χ1v) is 5.27. The molecule has 2 heteroatoms. The van der Waals surface area contributed by atoms with Crippen molar-refractivity contribution < 1.29 is 9.53 Å². The molecule has 1 heterocycles. The first-order chi connectivity index (χ1) is 6.98. The minimum Gasteiger partial charge on any atom is -0.487 e. The molecule has 1 aromatic rings. The molecule has 0 amide bonds. The van der Waals surface area contributed by atoms with Crippen molar-refractivity contribution in [1.29, 1.82) is 0 Å². The normalized spacial score (nSPS) is 17.0. The second-order valence-electron chi connectivity index (χ2n) is 4.82. The zero-order valence-corrected chi connectivity index (χ0v) is 9.46. The summed E-state index contributed by atoms with van der Waals surface area (Å²) in [6, 6.07) is 6.05. The van der Waals surface area contributed by atoms with Crippen LogP contribution in [0.25, 0.3) is 0 Å². The quantitative estimate of drug-likeness (QED) is 0.740. The molecule has 1 aromatic carbocycles. The van der Waals surface area contributed by atoms with Crippen LogP contribution in [0.2, 0.25) is 0 Å². The number of benzene rings is 1. The van der Waals surface area contributed by atoms with E-state index in [1.807, 2.05) is 12.1 Å². The molecule has 80 valence electrons. The lowest BCUT2D eigenvalue weighted by molar-refractivity contribution is -0.116. The Hall–Kier alpha value is -1.31. The second kappa shape index (κ2) is 3.37. The van der Waals surface area contributed by atoms with Crippen LogP contribution >= 0.6 is 0 Å². The molecule has 0 radical (unpaired) electrons. The third kappa shape index (κ3) is 2.04. The Morgan fingerprint density at radius 3 is 2.87 bits per heavy atom. The Bertz CT molecular complexity index is 405. The topological polar surface area (TPSA) is 26.3 Å². The summed E-state index contributed by atoms with van der Waals surface area (Å²) in [6.07, 6.45) is 1.40. The molecule has 0 bridgehead atoms. The van der Waals surface area contributed by atoms with Crippen LogP contribution in [0.1, 0.15) is 31.9 Å². The lowest BCUT2D eigenvalue weighted by Gasteiger charge is -2.18. The summed E-state index contributed by atoms with van der Waals surface area (Å²) in [5, 5.41) is 0. The van der Waals surface area contributed by atoms with Crippen molar-refractivity contribution in [2.75, 3.05) is 0 Å². The van der Waals surface area contributed by atoms with Gasteiger partial charge in [-0.05, 0) is 26.3 Å². The fourth-order valence-corrected chi connectivity index (χ4v) is 2.09. The maximum atomic E-state index is 11.1. The maximum Gasteiger partial charge on any atom is 0.134 e. The fourth-order valence-electron chi connectivity index (χ4n) is 2.09. The maximum absolute atomic E-state index is 11.1. The van der Waals surface area contributed by atoms with Crippen molar-refractivity contribution in [2.45, 2.75) is 39.2 Å². The van der Waals surface area contributed by atoms with Crippen LogP contribution in [0.5, 0.6) is 5.75 Å². The first-order valence-electron chi connectivity index (χ1n) is 5.27. The Balaban J connectivity index is 2.37. The molecule has 15 heavy (non-hydrogen) atoms. The molecule has 0 saturated carbocycles. The van der Waals surface area contributed by atoms with E-state index in [1.54, 1.807) is 6.92 Å². The molecule has 2 rings (SSSR count). The molecule has 0 aliphatic carbocycles. The first kappa shape index (κ1) is 10.2. The number of ether oxygens (including phenoxy) is 1. The van der Waals surface area contributed by atoms with E-state index in [0.29, 0.717) is 6.42 Å². The van der Waals surface area contributed by atoms with Crippen LogP contribution in [0.4, 0.5) is 0 Å². The van der Waals surface area contributed by atoms with Gasteiger partial charge < -0.3 is 4.74 Å². The Kier molecular flexibility index (Phi) is 2.29. The van der Waals surface area contributed by atoms with Gasteiger partial charge in [0.15, 0.2) is 0 Å². The molecule has 0 saturated heterocycles. The van der Waals surface area contributed by atoms with Gasteiger partial charge in [0.05, 0.1) is 0 Å². The van der Waals surface area contributed by atoms with E-state index < -0.39 is 0 Å². The number of para-hydroxylation sites is 1. The summed E-state index contributed by atoms with van der Waals surface area (Å²) in [7, 11) is 0. The van der Waals surface area contributed by atoms with Gasteiger partial charge in [0.1, 0.15) is 17.1 Å². The monoisotopic (exact) mass is 204 g/mol. The molecular formula is C13H16O2. The van der Waals surface area contributed by atoms with E-state index in [4.69, 9.17) is 4.74 Å². The smallest absolute Gasteiger partial charge is 0.134 e. The van der Waals surface area contributed by atoms with Crippen molar-refractivity contribution in [1.82, 2.24) is 0 Å². The van der Waals surface area contributed by atoms with Gasteiger partial charge in [0, 0.05) is 18.4 Å². The molecule has 2 nitrogen and oxygen atoms in total. The average molecular weight is 204 g/mol. The average Bonchev–Trinajstić information content (AvgIpc) is 2.39. The molecular weight excluding hydrogens is 188 g/mol. The summed E-state index contributed by atoms with van der Waals surface area (Å²) in [5.74, 6) is 1.11. The number of hydrogen-bond donors (Lipinski definition) is 0. The Morgan fingerprint density at radius 2 is 2.20 bits per heavy atom. The van der Waals surface area contributed by atoms with E-state index in [2.05, 4.69) is 19.9 Å². The Morgan fingerprint density at radius 1 is 1.47 bits per heavy atom. The molecule has 0 fully saturated rings. The van der Waals surface area contributed by atoms with Gasteiger partial charge in [-0.3, -0.25) is 4.79 Å². The molecule has 1 aliphatic heterocycles. The minimum atomic E-state index is -0.130. The minimum absolute atomic E-state index is 0.130. The van der Waals surface area contributed by atoms with Crippen molar-refractivity contribution in [3.05, 3.63) is 29.3 Å².